The molecule has 1 amide bonds. The average Bonchev–Trinajstić information content (AvgIpc) is 3.19. The Morgan fingerprint density at radius 3 is 2.92 bits per heavy atom. The standard InChI is InChI=1S/C18H17N3O4/c1-23-17(19)20-9-12-10-21(18(22)24-12)11-6-7-14-13-4-2-3-5-15(13)25-16(14)8-11/h2-8,12H,9-10H2,1H3,(H2,19,20)/t12-/m0/s1. The Morgan fingerprint density at radius 2 is 2.08 bits per heavy atom. The van der Waals surface area contributed by atoms with Gasteiger partial charge in [-0.25, -0.2) is 9.79 Å². The van der Waals surface area contributed by atoms with Crippen molar-refractivity contribution in [1.29, 1.82) is 0 Å². The number of nitrogens with zero attached hydrogens (tertiary/aromatic N) is 2. The summed E-state index contributed by atoms with van der Waals surface area (Å²) in [6.07, 6.45) is -0.779. The molecule has 2 N–H and O–H groups in total. The number of furan rings is 1. The topological polar surface area (TPSA) is 90.3 Å². The minimum atomic E-state index is -0.411. The van der Waals surface area contributed by atoms with Crippen LogP contribution in [0.4, 0.5) is 10.5 Å². The molecule has 0 saturated carbocycles. The second-order valence-corrected chi connectivity index (χ2v) is 5.78. The van der Waals surface area contributed by atoms with Gasteiger partial charge in [-0.2, -0.15) is 0 Å². The SMILES string of the molecule is COC(N)=NC[C@H]1CN(c2ccc3c(c2)oc2ccccc23)C(=O)O1. The van der Waals surface area contributed by atoms with Crippen molar-refractivity contribution in [2.75, 3.05) is 25.1 Å². The molecule has 0 bridgehead atoms. The van der Waals surface area contributed by atoms with Crippen LogP contribution in [0.3, 0.4) is 0 Å². The highest BCUT2D eigenvalue weighted by Crippen LogP contribution is 2.32. The third kappa shape index (κ3) is 2.73. The van der Waals surface area contributed by atoms with Gasteiger partial charge in [-0.15, -0.1) is 0 Å². The Kier molecular flexibility index (Phi) is 3.68. The predicted octanol–water partition coefficient (Wildman–Crippen LogP) is 2.87. The smallest absolute Gasteiger partial charge is 0.414 e. The van der Waals surface area contributed by atoms with Crippen LogP contribution >= 0.6 is 0 Å². The molecule has 0 unspecified atom stereocenters. The molecule has 4 rings (SSSR count). The normalized spacial score (nSPS) is 18.1. The Bertz CT molecular complexity index is 979. The molecule has 2 heterocycles. The number of nitrogens with two attached hydrogens (primary N) is 1. The lowest BCUT2D eigenvalue weighted by molar-refractivity contribution is 0.145. The van der Waals surface area contributed by atoms with Crippen molar-refractivity contribution in [1.82, 2.24) is 0 Å². The Morgan fingerprint density at radius 1 is 1.28 bits per heavy atom. The number of benzene rings is 2. The number of hydrogen-bond acceptors (Lipinski definition) is 5. The van der Waals surface area contributed by atoms with Gasteiger partial charge in [-0.3, -0.25) is 4.90 Å². The van der Waals surface area contributed by atoms with Crippen molar-refractivity contribution >= 4 is 39.7 Å². The predicted molar refractivity (Wildman–Crippen MR) is 94.8 cm³/mol. The highest BCUT2D eigenvalue weighted by atomic mass is 16.6. The zero-order valence-electron chi connectivity index (χ0n) is 13.6. The molecule has 7 heteroatoms. The minimum Gasteiger partial charge on any atom is -0.469 e. The van der Waals surface area contributed by atoms with E-state index in [4.69, 9.17) is 19.6 Å². The Hall–Kier alpha value is -3.22. The Balaban J connectivity index is 1.61. The zero-order chi connectivity index (χ0) is 17.4. The maximum atomic E-state index is 12.2. The molecule has 1 aliphatic heterocycles. The molecule has 0 radical (unpaired) electrons. The van der Waals surface area contributed by atoms with Crippen LogP contribution in [0, 0.1) is 0 Å². The summed E-state index contributed by atoms with van der Waals surface area (Å²) in [4.78, 5) is 17.8. The summed E-state index contributed by atoms with van der Waals surface area (Å²) < 4.78 is 16.0. The number of hydrogen-bond donors (Lipinski definition) is 1. The van der Waals surface area contributed by atoms with Gasteiger partial charge in [0.2, 0.25) is 0 Å². The van der Waals surface area contributed by atoms with Crippen molar-refractivity contribution in [3.05, 3.63) is 42.5 Å². The molecule has 25 heavy (non-hydrogen) atoms. The zero-order valence-corrected chi connectivity index (χ0v) is 13.6. The Labute approximate surface area is 143 Å². The summed E-state index contributed by atoms with van der Waals surface area (Å²) in [6, 6.07) is 13.6. The average molecular weight is 339 g/mol. The monoisotopic (exact) mass is 339 g/mol. The first-order valence-electron chi connectivity index (χ1n) is 7.89. The van der Waals surface area contributed by atoms with E-state index in [1.807, 2.05) is 42.5 Å². The van der Waals surface area contributed by atoms with Crippen LogP contribution in [-0.2, 0) is 9.47 Å². The van der Waals surface area contributed by atoms with Gasteiger partial charge in [-0.05, 0) is 18.2 Å². The maximum absolute atomic E-state index is 12.2. The molecule has 1 aromatic heterocycles. The molecule has 1 aliphatic rings. The summed E-state index contributed by atoms with van der Waals surface area (Å²) in [7, 11) is 1.44. The fourth-order valence-electron chi connectivity index (χ4n) is 2.97. The van der Waals surface area contributed by atoms with E-state index in [0.717, 1.165) is 27.6 Å². The van der Waals surface area contributed by atoms with E-state index < -0.39 is 6.09 Å². The fourth-order valence-corrected chi connectivity index (χ4v) is 2.97. The fraction of sp³-hybridized carbons (Fsp3) is 0.222. The number of anilines is 1. The van der Waals surface area contributed by atoms with Crippen LogP contribution in [0.2, 0.25) is 0 Å². The van der Waals surface area contributed by atoms with E-state index in [-0.39, 0.29) is 18.7 Å². The van der Waals surface area contributed by atoms with Crippen molar-refractivity contribution in [2.24, 2.45) is 10.7 Å². The van der Waals surface area contributed by atoms with Gasteiger partial charge in [0.25, 0.3) is 6.02 Å². The molecule has 1 saturated heterocycles. The van der Waals surface area contributed by atoms with Crippen LogP contribution in [-0.4, -0.2) is 38.4 Å². The summed E-state index contributed by atoms with van der Waals surface area (Å²) >= 11 is 0. The quantitative estimate of drug-likeness (QED) is 0.585. The lowest BCUT2D eigenvalue weighted by Gasteiger charge is -2.12. The number of cyclic esters (lactones) is 1. The van der Waals surface area contributed by atoms with Crippen molar-refractivity contribution < 1.29 is 18.7 Å². The van der Waals surface area contributed by atoms with Crippen LogP contribution in [0.15, 0.2) is 51.9 Å². The summed E-state index contributed by atoms with van der Waals surface area (Å²) in [6.45, 7) is 0.653. The van der Waals surface area contributed by atoms with E-state index >= 15 is 0 Å². The number of aliphatic imine (C=N–C) groups is 1. The second-order valence-electron chi connectivity index (χ2n) is 5.78. The van der Waals surface area contributed by atoms with E-state index in [9.17, 15) is 4.79 Å². The number of fused-ring (bicyclic) bond motifs is 3. The number of amides is 1. The second kappa shape index (κ2) is 6.01. The number of rotatable bonds is 3. The van der Waals surface area contributed by atoms with Gasteiger partial charge in [0.15, 0.2) is 0 Å². The van der Waals surface area contributed by atoms with Crippen molar-refractivity contribution in [3.8, 4) is 0 Å². The lowest BCUT2D eigenvalue weighted by atomic mass is 10.1. The highest BCUT2D eigenvalue weighted by molar-refractivity contribution is 6.06. The maximum Gasteiger partial charge on any atom is 0.414 e. The van der Waals surface area contributed by atoms with Gasteiger partial charge in [0, 0.05) is 16.8 Å². The molecule has 1 atom stereocenters. The molecular weight excluding hydrogens is 322 g/mol. The van der Waals surface area contributed by atoms with E-state index in [0.29, 0.717) is 6.54 Å². The minimum absolute atomic E-state index is 0.0678. The third-order valence-corrected chi connectivity index (χ3v) is 4.21. The highest BCUT2D eigenvalue weighted by Gasteiger charge is 2.32. The molecule has 128 valence electrons. The van der Waals surface area contributed by atoms with Gasteiger partial charge in [-0.1, -0.05) is 18.2 Å². The molecule has 0 spiro atoms. The van der Waals surface area contributed by atoms with E-state index in [2.05, 4.69) is 4.99 Å². The summed E-state index contributed by atoms with van der Waals surface area (Å²) in [5.74, 6) is 0. The van der Waals surface area contributed by atoms with E-state index in [1.165, 1.54) is 7.11 Å². The number of para-hydroxylation sites is 1. The lowest BCUT2D eigenvalue weighted by Crippen LogP contribution is -2.25. The first-order chi connectivity index (χ1) is 12.2. The summed E-state index contributed by atoms with van der Waals surface area (Å²) in [5, 5.41) is 2.07. The van der Waals surface area contributed by atoms with Crippen molar-refractivity contribution in [3.63, 3.8) is 0 Å². The number of ether oxygens (including phenoxy) is 2. The molecule has 7 nitrogen and oxygen atoms in total. The number of carbonyl (C=O) groups excluding carboxylic acids is 1. The number of methoxy groups -OCH3 is 1. The molecule has 0 aliphatic carbocycles. The van der Waals surface area contributed by atoms with Crippen LogP contribution in [0.1, 0.15) is 0 Å². The number of carbonyl (C=O) groups is 1. The first kappa shape index (κ1) is 15.3. The molecule has 2 aromatic carbocycles. The van der Waals surface area contributed by atoms with Gasteiger partial charge >= 0.3 is 6.09 Å². The van der Waals surface area contributed by atoms with Gasteiger partial charge in [0.05, 0.1) is 25.9 Å². The number of amidine groups is 1. The largest absolute Gasteiger partial charge is 0.469 e. The van der Waals surface area contributed by atoms with Crippen LogP contribution in [0.5, 0.6) is 0 Å². The third-order valence-electron chi connectivity index (χ3n) is 4.21. The van der Waals surface area contributed by atoms with E-state index in [1.54, 1.807) is 4.90 Å². The van der Waals surface area contributed by atoms with Gasteiger partial charge in [0.1, 0.15) is 17.3 Å². The summed E-state index contributed by atoms with van der Waals surface area (Å²) in [5.41, 5.74) is 7.77. The van der Waals surface area contributed by atoms with Gasteiger partial charge < -0.3 is 19.6 Å². The molecular formula is C18H17N3O4. The molecule has 1 fully saturated rings. The van der Waals surface area contributed by atoms with Crippen LogP contribution in [0.25, 0.3) is 21.9 Å². The van der Waals surface area contributed by atoms with Crippen molar-refractivity contribution in [2.45, 2.75) is 6.10 Å². The van der Waals surface area contributed by atoms with Crippen LogP contribution < -0.4 is 10.6 Å². The molecule has 3 aromatic rings. The first-order valence-corrected chi connectivity index (χ1v) is 7.89.